The third-order valence-corrected chi connectivity index (χ3v) is 6.83. The highest BCUT2D eigenvalue weighted by Gasteiger charge is 2.52. The zero-order chi connectivity index (χ0) is 25.9. The number of carbonyl (C=O) groups is 3. The fourth-order valence-electron chi connectivity index (χ4n) is 4.68. The van der Waals surface area contributed by atoms with Crippen LogP contribution in [0, 0.1) is 5.41 Å². The van der Waals surface area contributed by atoms with Crippen molar-refractivity contribution in [2.45, 2.75) is 45.8 Å². The van der Waals surface area contributed by atoms with Crippen molar-refractivity contribution in [2.24, 2.45) is 5.41 Å². The fraction of sp³-hybridized carbons (Fsp3) is 0.542. The number of aromatic nitrogens is 2. The third-order valence-electron chi connectivity index (χ3n) is 6.83. The van der Waals surface area contributed by atoms with Crippen LogP contribution in [-0.4, -0.2) is 78.1 Å². The number of hydrogen-bond donors (Lipinski definition) is 1. The summed E-state index contributed by atoms with van der Waals surface area (Å²) in [4.78, 5) is 55.3. The Labute approximate surface area is 207 Å². The van der Waals surface area contributed by atoms with Gasteiger partial charge in [-0.25, -0.2) is 9.59 Å². The molecule has 2 aliphatic rings. The molecule has 1 amide bonds. The van der Waals surface area contributed by atoms with Crippen LogP contribution in [-0.2, 0) is 23.8 Å². The van der Waals surface area contributed by atoms with Crippen LogP contribution >= 0.6 is 0 Å². The maximum absolute atomic E-state index is 12.7. The largest absolute Gasteiger partial charge is 0.465 e. The summed E-state index contributed by atoms with van der Waals surface area (Å²) in [6.07, 6.45) is -0.323. The van der Waals surface area contributed by atoms with Crippen LogP contribution in [0.3, 0.4) is 0 Å². The first kappa shape index (κ1) is 25.4. The molecule has 2 saturated heterocycles. The predicted octanol–water partition coefficient (Wildman–Crippen LogP) is 1.95. The lowest BCUT2D eigenvalue weighted by molar-refractivity contribution is -0.176. The van der Waals surface area contributed by atoms with Gasteiger partial charge in [0.2, 0.25) is 0 Å². The van der Waals surface area contributed by atoms with Crippen LogP contribution in [0.2, 0.25) is 0 Å². The van der Waals surface area contributed by atoms with Crippen molar-refractivity contribution in [2.75, 3.05) is 37.7 Å². The van der Waals surface area contributed by atoms with Crippen molar-refractivity contribution in [3.63, 3.8) is 0 Å². The van der Waals surface area contributed by atoms with Crippen LogP contribution in [0.25, 0.3) is 11.4 Å². The van der Waals surface area contributed by atoms with E-state index in [4.69, 9.17) is 14.2 Å². The maximum atomic E-state index is 12.7. The quantitative estimate of drug-likeness (QED) is 0.323. The van der Waals surface area contributed by atoms with Crippen LogP contribution in [0.5, 0.6) is 0 Å². The highest BCUT2D eigenvalue weighted by molar-refractivity contribution is 6.00. The van der Waals surface area contributed by atoms with Crippen LogP contribution < -0.4 is 10.7 Å². The van der Waals surface area contributed by atoms with E-state index in [2.05, 4.69) is 19.6 Å². The van der Waals surface area contributed by atoms with E-state index in [9.17, 15) is 19.2 Å². The molecule has 0 bridgehead atoms. The molecule has 3 heterocycles. The molecule has 12 nitrogen and oxygen atoms in total. The average Bonchev–Trinajstić information content (AvgIpc) is 3.49. The summed E-state index contributed by atoms with van der Waals surface area (Å²) in [5, 5.41) is 3.66. The number of benzene rings is 1. The number of esters is 2. The van der Waals surface area contributed by atoms with E-state index in [-0.39, 0.29) is 32.1 Å². The summed E-state index contributed by atoms with van der Waals surface area (Å²) in [5.74, 6) is -1.44. The smallest absolute Gasteiger partial charge is 0.439 e. The van der Waals surface area contributed by atoms with Crippen LogP contribution in [0.15, 0.2) is 33.6 Å². The van der Waals surface area contributed by atoms with E-state index in [1.54, 1.807) is 43.0 Å². The van der Waals surface area contributed by atoms with Crippen molar-refractivity contribution >= 4 is 23.7 Å². The van der Waals surface area contributed by atoms with E-state index >= 15 is 0 Å². The van der Waals surface area contributed by atoms with Gasteiger partial charge in [0.15, 0.2) is 11.2 Å². The Kier molecular flexibility index (Phi) is 7.43. The zero-order valence-corrected chi connectivity index (χ0v) is 20.5. The lowest BCUT2D eigenvalue weighted by Crippen LogP contribution is -2.54. The molecule has 0 spiro atoms. The van der Waals surface area contributed by atoms with E-state index < -0.39 is 35.3 Å². The van der Waals surface area contributed by atoms with E-state index in [1.807, 2.05) is 6.92 Å². The molecule has 36 heavy (non-hydrogen) atoms. The molecule has 194 valence electrons. The molecule has 0 aliphatic carbocycles. The Morgan fingerprint density at radius 1 is 1.11 bits per heavy atom. The summed E-state index contributed by atoms with van der Waals surface area (Å²) >= 11 is 0. The van der Waals surface area contributed by atoms with Gasteiger partial charge in [0.25, 0.3) is 0 Å². The van der Waals surface area contributed by atoms with Crippen molar-refractivity contribution < 1.29 is 33.1 Å². The molecular formula is C24H30N4O8. The highest BCUT2D eigenvalue weighted by Crippen LogP contribution is 2.36. The minimum Gasteiger partial charge on any atom is -0.465 e. The predicted molar refractivity (Wildman–Crippen MR) is 126 cm³/mol. The average molecular weight is 503 g/mol. The molecule has 2 fully saturated rings. The SMILES string of the molecule is CCOC(=O)C1(C(=O)OCC)CCN(C(C)C2CN(c3ccc(-c4noc(=O)[nH]4)cc3)C(=O)O2)CC1. The first-order chi connectivity index (χ1) is 17.3. The van der Waals surface area contributed by atoms with Gasteiger partial charge in [0.1, 0.15) is 6.10 Å². The first-order valence-electron chi connectivity index (χ1n) is 12.0. The number of amides is 1. The minimum atomic E-state index is -1.31. The molecule has 0 radical (unpaired) electrons. The number of ether oxygens (including phenoxy) is 3. The number of H-pyrrole nitrogens is 1. The Morgan fingerprint density at radius 2 is 1.72 bits per heavy atom. The monoisotopic (exact) mass is 502 g/mol. The van der Waals surface area contributed by atoms with Gasteiger partial charge in [-0.2, -0.15) is 0 Å². The summed E-state index contributed by atoms with van der Waals surface area (Å²) in [5.41, 5.74) is -0.0232. The van der Waals surface area contributed by atoms with E-state index in [1.165, 1.54) is 0 Å². The molecule has 4 rings (SSSR count). The summed E-state index contributed by atoms with van der Waals surface area (Å²) in [6.45, 7) is 7.00. The van der Waals surface area contributed by atoms with Crippen molar-refractivity contribution in [1.82, 2.24) is 15.0 Å². The molecule has 1 aromatic heterocycles. The van der Waals surface area contributed by atoms with Gasteiger partial charge >= 0.3 is 23.8 Å². The zero-order valence-electron chi connectivity index (χ0n) is 20.5. The molecule has 2 unspecified atom stereocenters. The number of piperidine rings is 1. The number of hydrogen-bond acceptors (Lipinski definition) is 10. The number of nitrogens with zero attached hydrogens (tertiary/aromatic N) is 3. The number of nitrogens with one attached hydrogen (secondary N) is 1. The Hall–Kier alpha value is -3.67. The highest BCUT2D eigenvalue weighted by atomic mass is 16.6. The van der Waals surface area contributed by atoms with Crippen molar-refractivity contribution in [1.29, 1.82) is 0 Å². The van der Waals surface area contributed by atoms with E-state index in [0.29, 0.717) is 36.7 Å². The molecule has 1 N–H and O–H groups in total. The minimum absolute atomic E-state index is 0.138. The summed E-state index contributed by atoms with van der Waals surface area (Å²) in [6, 6.07) is 6.79. The lowest BCUT2D eigenvalue weighted by Gasteiger charge is -2.41. The Bertz CT molecular complexity index is 1130. The molecule has 2 aliphatic heterocycles. The van der Waals surface area contributed by atoms with Crippen LogP contribution in [0.4, 0.5) is 10.5 Å². The normalized spacial score (nSPS) is 20.6. The number of likely N-dealkylation sites (tertiary alicyclic amines) is 1. The van der Waals surface area contributed by atoms with Crippen LogP contribution in [0.1, 0.15) is 33.6 Å². The lowest BCUT2D eigenvalue weighted by atomic mass is 9.77. The van der Waals surface area contributed by atoms with Gasteiger partial charge in [0, 0.05) is 30.4 Å². The second-order valence-electron chi connectivity index (χ2n) is 8.82. The molecule has 2 atom stereocenters. The number of cyclic esters (lactones) is 1. The fourth-order valence-corrected chi connectivity index (χ4v) is 4.68. The van der Waals surface area contributed by atoms with Gasteiger partial charge in [-0.05, 0) is 57.9 Å². The van der Waals surface area contributed by atoms with E-state index in [0.717, 1.165) is 0 Å². The third kappa shape index (κ3) is 4.85. The first-order valence-corrected chi connectivity index (χ1v) is 12.0. The van der Waals surface area contributed by atoms with Gasteiger partial charge in [-0.1, -0.05) is 5.16 Å². The molecule has 12 heteroatoms. The van der Waals surface area contributed by atoms with Gasteiger partial charge in [-0.15, -0.1) is 0 Å². The molecule has 1 aromatic carbocycles. The number of anilines is 1. The molecule has 0 saturated carbocycles. The van der Waals surface area contributed by atoms with Gasteiger partial charge < -0.3 is 14.2 Å². The van der Waals surface area contributed by atoms with Crippen molar-refractivity contribution in [3.05, 3.63) is 34.8 Å². The van der Waals surface area contributed by atoms with Gasteiger partial charge in [0.05, 0.1) is 19.8 Å². The summed E-state index contributed by atoms with van der Waals surface area (Å²) in [7, 11) is 0. The molecule has 2 aromatic rings. The topological polar surface area (TPSA) is 144 Å². The summed E-state index contributed by atoms with van der Waals surface area (Å²) < 4.78 is 20.6. The number of aromatic amines is 1. The maximum Gasteiger partial charge on any atom is 0.439 e. The van der Waals surface area contributed by atoms with Crippen molar-refractivity contribution in [3.8, 4) is 11.4 Å². The molecular weight excluding hydrogens is 472 g/mol. The Balaban J connectivity index is 1.40. The Morgan fingerprint density at radius 3 is 2.25 bits per heavy atom. The van der Waals surface area contributed by atoms with Gasteiger partial charge in [-0.3, -0.25) is 28.9 Å². The number of carbonyl (C=O) groups excluding carboxylic acids is 3. The standard InChI is InChI=1S/C24H30N4O8/c1-4-33-20(29)24(21(30)34-5-2)10-12-27(13-11-24)15(3)18-14-28(23(32)35-18)17-8-6-16(7-9-17)19-25-22(31)36-26-19/h6-9,15,18H,4-5,10-14H2,1-3H3,(H,25,26,31). The second-order valence-corrected chi connectivity index (χ2v) is 8.82. The number of rotatable bonds is 8. The second kappa shape index (κ2) is 10.5.